The van der Waals surface area contributed by atoms with Gasteiger partial charge in [0.25, 0.3) is 5.56 Å². The van der Waals surface area contributed by atoms with Crippen molar-refractivity contribution in [3.8, 4) is 17.0 Å². The molecule has 1 aromatic heterocycles. The van der Waals surface area contributed by atoms with E-state index in [0.717, 1.165) is 22.8 Å². The van der Waals surface area contributed by atoms with Gasteiger partial charge in [-0.1, -0.05) is 36.4 Å². The minimum absolute atomic E-state index is 0.0589. The first kappa shape index (κ1) is 18.3. The summed E-state index contributed by atoms with van der Waals surface area (Å²) in [4.78, 5) is 12.8. The number of aryl methyl sites for hydroxylation is 2. The molecular formula is C22H18F3NO2. The van der Waals surface area contributed by atoms with Gasteiger partial charge < -0.3 is 9.30 Å². The summed E-state index contributed by atoms with van der Waals surface area (Å²) in [6.45, 7) is 0.0589. The lowest BCUT2D eigenvalue weighted by atomic mass is 9.88. The van der Waals surface area contributed by atoms with Crippen molar-refractivity contribution in [3.05, 3.63) is 87.2 Å². The molecule has 4 rings (SSSR count). The molecule has 0 N–H and O–H groups in total. The lowest BCUT2D eigenvalue weighted by Gasteiger charge is -2.25. The van der Waals surface area contributed by atoms with Crippen molar-refractivity contribution >= 4 is 0 Å². The van der Waals surface area contributed by atoms with Gasteiger partial charge in [-0.2, -0.15) is 13.2 Å². The molecule has 1 aliphatic rings. The summed E-state index contributed by atoms with van der Waals surface area (Å²) < 4.78 is 46.9. The molecule has 0 saturated carbocycles. The number of alkyl halides is 3. The lowest BCUT2D eigenvalue weighted by molar-refractivity contribution is -0.139. The molecule has 2 aromatic carbocycles. The Labute approximate surface area is 160 Å². The molecule has 0 atom stereocenters. The first-order valence-corrected chi connectivity index (χ1v) is 8.93. The van der Waals surface area contributed by atoms with Crippen LogP contribution in [0.2, 0.25) is 0 Å². The molecule has 0 fully saturated rings. The second kappa shape index (κ2) is 6.86. The molecule has 0 saturated heterocycles. The van der Waals surface area contributed by atoms with Gasteiger partial charge in [0.15, 0.2) is 0 Å². The van der Waals surface area contributed by atoms with Crippen LogP contribution < -0.4 is 10.3 Å². The first-order chi connectivity index (χ1) is 13.4. The number of hydrogen-bond donors (Lipinski definition) is 0. The van der Waals surface area contributed by atoms with Gasteiger partial charge in [0.05, 0.1) is 19.3 Å². The number of aromatic nitrogens is 1. The third-order valence-electron chi connectivity index (χ3n) is 5.11. The molecule has 6 heteroatoms. The number of fused-ring (bicyclic) bond motifs is 3. The third-order valence-corrected chi connectivity index (χ3v) is 5.11. The van der Waals surface area contributed by atoms with E-state index in [4.69, 9.17) is 4.74 Å². The molecule has 0 amide bonds. The molecule has 0 aliphatic heterocycles. The minimum Gasteiger partial charge on any atom is -0.497 e. The number of methoxy groups -OCH3 is 1. The zero-order valence-electron chi connectivity index (χ0n) is 15.2. The summed E-state index contributed by atoms with van der Waals surface area (Å²) in [5.41, 5.74) is 1.60. The van der Waals surface area contributed by atoms with Crippen LogP contribution in [-0.2, 0) is 25.6 Å². The number of halogens is 3. The van der Waals surface area contributed by atoms with Crippen LogP contribution in [0.4, 0.5) is 13.2 Å². The second-order valence-corrected chi connectivity index (χ2v) is 6.83. The van der Waals surface area contributed by atoms with E-state index in [9.17, 15) is 18.0 Å². The van der Waals surface area contributed by atoms with Gasteiger partial charge in [0.2, 0.25) is 0 Å². The van der Waals surface area contributed by atoms with Gasteiger partial charge in [0, 0.05) is 5.56 Å². The molecule has 28 heavy (non-hydrogen) atoms. The van der Waals surface area contributed by atoms with Crippen molar-refractivity contribution < 1.29 is 17.9 Å². The van der Waals surface area contributed by atoms with Crippen LogP contribution in [-0.4, -0.2) is 11.7 Å². The van der Waals surface area contributed by atoms with Gasteiger partial charge in [0.1, 0.15) is 11.3 Å². The van der Waals surface area contributed by atoms with E-state index in [2.05, 4.69) is 0 Å². The molecular weight excluding hydrogens is 367 g/mol. The van der Waals surface area contributed by atoms with Gasteiger partial charge >= 0.3 is 6.18 Å². The van der Waals surface area contributed by atoms with Crippen molar-refractivity contribution in [3.63, 3.8) is 0 Å². The first-order valence-electron chi connectivity index (χ1n) is 8.93. The molecule has 0 radical (unpaired) electrons. The highest BCUT2D eigenvalue weighted by Crippen LogP contribution is 2.36. The highest BCUT2D eigenvalue weighted by Gasteiger charge is 2.36. The summed E-state index contributed by atoms with van der Waals surface area (Å²) in [7, 11) is 1.54. The van der Waals surface area contributed by atoms with Gasteiger partial charge in [-0.15, -0.1) is 0 Å². The predicted molar refractivity (Wildman–Crippen MR) is 101 cm³/mol. The van der Waals surface area contributed by atoms with E-state index in [-0.39, 0.29) is 6.54 Å². The number of benzene rings is 2. The number of pyridine rings is 1. The standard InChI is InChI=1S/C22H18F3NO2/c1-28-17-10-6-14(7-11-17)13-26-20-16(12-19(21(26)27)22(23,24)25)9-8-15-4-2-3-5-18(15)20/h2-7,10-12H,8-9,13H2,1H3. The number of ether oxygens (including phenoxy) is 1. The van der Waals surface area contributed by atoms with Crippen LogP contribution >= 0.6 is 0 Å². The maximum absolute atomic E-state index is 13.5. The Balaban J connectivity index is 1.93. The van der Waals surface area contributed by atoms with Gasteiger partial charge in [-0.25, -0.2) is 0 Å². The quantitative estimate of drug-likeness (QED) is 0.655. The normalized spacial score (nSPS) is 13.0. The fourth-order valence-corrected chi connectivity index (χ4v) is 3.74. The Kier molecular flexibility index (Phi) is 4.49. The fraction of sp³-hybridized carbons (Fsp3) is 0.227. The summed E-state index contributed by atoms with van der Waals surface area (Å²) >= 11 is 0. The van der Waals surface area contributed by atoms with Crippen LogP contribution in [0.1, 0.15) is 22.3 Å². The van der Waals surface area contributed by atoms with Gasteiger partial charge in [-0.3, -0.25) is 4.79 Å². The number of hydrogen-bond acceptors (Lipinski definition) is 2. The molecule has 1 heterocycles. The molecule has 3 nitrogen and oxygen atoms in total. The van der Waals surface area contributed by atoms with Crippen LogP contribution in [0, 0.1) is 0 Å². The van der Waals surface area contributed by atoms with Crippen molar-refractivity contribution in [1.82, 2.24) is 4.57 Å². The molecule has 144 valence electrons. The average Bonchev–Trinajstić information content (AvgIpc) is 2.69. The maximum Gasteiger partial charge on any atom is 0.421 e. The number of rotatable bonds is 3. The summed E-state index contributed by atoms with van der Waals surface area (Å²) in [6, 6.07) is 15.6. The predicted octanol–water partition coefficient (Wildman–Crippen LogP) is 4.69. The van der Waals surface area contributed by atoms with Gasteiger partial charge in [-0.05, 0) is 47.7 Å². The Bertz CT molecular complexity index is 1080. The average molecular weight is 385 g/mol. The Morgan fingerprint density at radius 2 is 1.68 bits per heavy atom. The second-order valence-electron chi connectivity index (χ2n) is 6.83. The summed E-state index contributed by atoms with van der Waals surface area (Å²) in [5.74, 6) is 0.646. The third kappa shape index (κ3) is 3.19. The van der Waals surface area contributed by atoms with Crippen molar-refractivity contribution in [2.45, 2.75) is 25.6 Å². The zero-order valence-corrected chi connectivity index (χ0v) is 15.2. The van der Waals surface area contributed by atoms with E-state index in [1.807, 2.05) is 24.3 Å². The SMILES string of the molecule is COc1ccc(Cn2c3c(cc(C(F)(F)F)c2=O)CCc2ccccc2-3)cc1. The molecule has 1 aliphatic carbocycles. The highest BCUT2D eigenvalue weighted by atomic mass is 19.4. The van der Waals surface area contributed by atoms with Crippen LogP contribution in [0.25, 0.3) is 11.3 Å². The number of nitrogens with zero attached hydrogens (tertiary/aromatic N) is 1. The van der Waals surface area contributed by atoms with Crippen molar-refractivity contribution in [2.75, 3.05) is 7.11 Å². The largest absolute Gasteiger partial charge is 0.497 e. The monoisotopic (exact) mass is 385 g/mol. The Morgan fingerprint density at radius 1 is 1.00 bits per heavy atom. The fourth-order valence-electron chi connectivity index (χ4n) is 3.74. The van der Waals surface area contributed by atoms with Crippen LogP contribution in [0.15, 0.2) is 59.4 Å². The van der Waals surface area contributed by atoms with E-state index in [1.165, 1.54) is 4.57 Å². The topological polar surface area (TPSA) is 31.2 Å². The smallest absolute Gasteiger partial charge is 0.421 e. The van der Waals surface area contributed by atoms with E-state index in [1.54, 1.807) is 31.4 Å². The molecule has 0 spiro atoms. The van der Waals surface area contributed by atoms with E-state index < -0.39 is 17.3 Å². The molecule has 3 aromatic rings. The zero-order chi connectivity index (χ0) is 19.9. The van der Waals surface area contributed by atoms with Crippen LogP contribution in [0.5, 0.6) is 5.75 Å². The van der Waals surface area contributed by atoms with Crippen molar-refractivity contribution in [2.24, 2.45) is 0 Å². The van der Waals surface area contributed by atoms with E-state index >= 15 is 0 Å². The Hall–Kier alpha value is -3.02. The lowest BCUT2D eigenvalue weighted by Crippen LogP contribution is -2.32. The van der Waals surface area contributed by atoms with Crippen LogP contribution in [0.3, 0.4) is 0 Å². The molecule has 0 bridgehead atoms. The summed E-state index contributed by atoms with van der Waals surface area (Å²) in [5, 5.41) is 0. The maximum atomic E-state index is 13.5. The molecule has 0 unspecified atom stereocenters. The highest BCUT2D eigenvalue weighted by molar-refractivity contribution is 5.70. The van der Waals surface area contributed by atoms with E-state index in [0.29, 0.717) is 29.8 Å². The minimum atomic E-state index is -4.69. The van der Waals surface area contributed by atoms with Crippen molar-refractivity contribution in [1.29, 1.82) is 0 Å². The summed E-state index contributed by atoms with van der Waals surface area (Å²) in [6.07, 6.45) is -3.57. The Morgan fingerprint density at radius 3 is 2.36 bits per heavy atom.